The van der Waals surface area contributed by atoms with Crippen LogP contribution in [0.15, 0.2) is 24.3 Å². The van der Waals surface area contributed by atoms with Crippen molar-refractivity contribution in [1.82, 2.24) is 0 Å². The summed E-state index contributed by atoms with van der Waals surface area (Å²) in [5, 5.41) is 0. The van der Waals surface area contributed by atoms with E-state index in [1.54, 1.807) is 0 Å². The average molecular weight is 424 g/mol. The van der Waals surface area contributed by atoms with Gasteiger partial charge in [-0.25, -0.2) is 0 Å². The molecule has 0 aromatic rings. The molecule has 0 aromatic heterocycles. The van der Waals surface area contributed by atoms with E-state index in [1.807, 2.05) is 0 Å². The van der Waals surface area contributed by atoms with Crippen molar-refractivity contribution in [2.24, 2.45) is 0 Å². The van der Waals surface area contributed by atoms with Crippen LogP contribution in [0, 0.1) is 0 Å². The summed E-state index contributed by atoms with van der Waals surface area (Å²) in [7, 11) is 9.87. The fraction of sp³-hybridized carbons (Fsp3) is 0.200. The molecule has 0 unspecified atom stereocenters. The van der Waals surface area contributed by atoms with Crippen molar-refractivity contribution in [3.8, 4) is 0 Å². The molecule has 9 heavy (non-hydrogen) atoms. The van der Waals surface area contributed by atoms with Gasteiger partial charge in [0.05, 0.1) is 0 Å². The van der Waals surface area contributed by atoms with Crippen LogP contribution < -0.4 is 0 Å². The summed E-state index contributed by atoms with van der Waals surface area (Å²) in [4.78, 5) is 0. The quantitative estimate of drug-likeness (QED) is 0.525. The van der Waals surface area contributed by atoms with Crippen LogP contribution in [0.5, 0.6) is 0 Å². The summed E-state index contributed by atoms with van der Waals surface area (Å²) in [6, 6.07) is 0. The first kappa shape index (κ1) is 10.7. The molecule has 0 spiro atoms. The summed E-state index contributed by atoms with van der Waals surface area (Å²) in [6.07, 6.45) is 8.40. The Balaban J connectivity index is 0.000000187. The SMILES string of the molecule is [Au][CH]1C=CC=C1.[Cl][Zr][Cl]. The van der Waals surface area contributed by atoms with Gasteiger partial charge in [-0.2, -0.15) is 0 Å². The Hall–Kier alpha value is 1.68. The number of halogens is 2. The number of allylic oxidation sites excluding steroid dienone is 4. The molecule has 1 aliphatic carbocycles. The van der Waals surface area contributed by atoms with Crippen LogP contribution in [0.4, 0.5) is 0 Å². The predicted octanol–water partition coefficient (Wildman–Crippen LogP) is 2.82. The van der Waals surface area contributed by atoms with E-state index < -0.39 is 20.8 Å². The first-order valence-corrected chi connectivity index (χ1v) is 9.80. The van der Waals surface area contributed by atoms with Crippen LogP contribution in [-0.4, -0.2) is 0 Å². The van der Waals surface area contributed by atoms with E-state index in [2.05, 4.69) is 45.4 Å². The summed E-state index contributed by atoms with van der Waals surface area (Å²) in [5.41, 5.74) is 0. The second-order valence-corrected chi connectivity index (χ2v) is 6.41. The first-order chi connectivity index (χ1) is 4.31. The van der Waals surface area contributed by atoms with Crippen LogP contribution in [0.3, 0.4) is 0 Å². The fourth-order valence-corrected chi connectivity index (χ4v) is 0.869. The Morgan fingerprint density at radius 3 is 1.67 bits per heavy atom. The minimum atomic E-state index is -0.826. The van der Waals surface area contributed by atoms with Gasteiger partial charge in [0, 0.05) is 0 Å². The van der Waals surface area contributed by atoms with Crippen LogP contribution in [0.2, 0.25) is 4.14 Å². The van der Waals surface area contributed by atoms with Crippen LogP contribution in [0.25, 0.3) is 0 Å². The topological polar surface area (TPSA) is 0 Å². The molecule has 0 aliphatic heterocycles. The van der Waals surface area contributed by atoms with Crippen molar-refractivity contribution in [3.05, 3.63) is 24.3 Å². The van der Waals surface area contributed by atoms with Crippen molar-refractivity contribution < 1.29 is 41.9 Å². The van der Waals surface area contributed by atoms with Crippen molar-refractivity contribution in [1.29, 1.82) is 0 Å². The molecule has 0 atom stereocenters. The maximum absolute atomic E-state index is 4.93. The van der Waals surface area contributed by atoms with Crippen molar-refractivity contribution in [2.45, 2.75) is 4.14 Å². The molecule has 1 rings (SSSR count). The van der Waals surface area contributed by atoms with E-state index in [-0.39, 0.29) is 0 Å². The summed E-state index contributed by atoms with van der Waals surface area (Å²) in [5.74, 6) is 0. The second kappa shape index (κ2) is 7.79. The fourth-order valence-electron chi connectivity index (χ4n) is 0.388. The Labute approximate surface area is 86.3 Å². The summed E-state index contributed by atoms with van der Waals surface area (Å²) >= 11 is 1.70. The second-order valence-electron chi connectivity index (χ2n) is 1.23. The van der Waals surface area contributed by atoms with Crippen LogP contribution in [-0.2, 0) is 41.9 Å². The number of rotatable bonds is 0. The molecule has 0 nitrogen and oxygen atoms in total. The number of hydrogen-bond acceptors (Lipinski definition) is 0. The molecule has 0 radical (unpaired) electrons. The molecule has 0 N–H and O–H groups in total. The molecule has 0 amide bonds. The molecule has 54 valence electrons. The van der Waals surface area contributed by atoms with Gasteiger partial charge in [0.15, 0.2) is 0 Å². The molecule has 0 saturated carbocycles. The van der Waals surface area contributed by atoms with E-state index >= 15 is 0 Å². The standard InChI is InChI=1S/C5H5.Au.2ClH.Zr/c1-2-4-5-3-1;;;;/h1-5H;;2*1H;/q;;;;+2/p-2. The van der Waals surface area contributed by atoms with Gasteiger partial charge in [-0.15, -0.1) is 0 Å². The molecular weight excluding hydrogens is 419 g/mol. The van der Waals surface area contributed by atoms with Crippen molar-refractivity contribution in [2.75, 3.05) is 0 Å². The third-order valence-electron chi connectivity index (χ3n) is 0.672. The molecule has 4 heteroatoms. The van der Waals surface area contributed by atoms with Crippen LogP contribution >= 0.6 is 17.0 Å². The summed E-state index contributed by atoms with van der Waals surface area (Å²) in [6.45, 7) is 0. The van der Waals surface area contributed by atoms with E-state index in [4.69, 9.17) is 17.0 Å². The molecule has 1 aliphatic rings. The molecule has 0 aromatic carbocycles. The Bertz CT molecular complexity index is 102. The average Bonchev–Trinajstić information content (AvgIpc) is 2.20. The maximum atomic E-state index is 4.93. The normalized spacial score (nSPS) is 15.1. The van der Waals surface area contributed by atoms with Crippen molar-refractivity contribution >= 4 is 17.0 Å². The van der Waals surface area contributed by atoms with E-state index in [1.165, 1.54) is 0 Å². The number of hydrogen-bond donors (Lipinski definition) is 0. The molecule has 0 heterocycles. The van der Waals surface area contributed by atoms with Gasteiger partial charge in [0.1, 0.15) is 0 Å². The van der Waals surface area contributed by atoms with E-state index in [0.29, 0.717) is 4.14 Å². The molecule has 0 fully saturated rings. The Morgan fingerprint density at radius 1 is 1.22 bits per heavy atom. The minimum absolute atomic E-state index is 0.630. The third kappa shape index (κ3) is 7.58. The molecule has 0 bridgehead atoms. The van der Waals surface area contributed by atoms with Gasteiger partial charge in [0.2, 0.25) is 0 Å². The Kier molecular flexibility index (Phi) is 9.24. The zero-order chi connectivity index (χ0) is 7.11. The van der Waals surface area contributed by atoms with Gasteiger partial charge in [-0.05, 0) is 0 Å². The van der Waals surface area contributed by atoms with E-state index in [0.717, 1.165) is 0 Å². The molecule has 0 saturated heterocycles. The third-order valence-corrected chi connectivity index (χ3v) is 1.51. The van der Waals surface area contributed by atoms with Crippen LogP contribution in [0.1, 0.15) is 0 Å². The van der Waals surface area contributed by atoms with Gasteiger partial charge >= 0.3 is 87.4 Å². The molecular formula is C5H5AuCl2Zr. The van der Waals surface area contributed by atoms with Gasteiger partial charge in [-0.3, -0.25) is 0 Å². The van der Waals surface area contributed by atoms with Gasteiger partial charge < -0.3 is 0 Å². The first-order valence-electron chi connectivity index (χ1n) is 2.22. The van der Waals surface area contributed by atoms with Gasteiger partial charge in [-0.1, -0.05) is 0 Å². The van der Waals surface area contributed by atoms with Crippen molar-refractivity contribution in [3.63, 3.8) is 0 Å². The van der Waals surface area contributed by atoms with Gasteiger partial charge in [0.25, 0.3) is 0 Å². The monoisotopic (exact) mass is 422 g/mol. The summed E-state index contributed by atoms with van der Waals surface area (Å²) < 4.78 is 0.630. The Morgan fingerprint density at radius 2 is 1.56 bits per heavy atom. The zero-order valence-electron chi connectivity index (χ0n) is 4.44. The predicted molar refractivity (Wildman–Crippen MR) is 33.7 cm³/mol. The zero-order valence-corrected chi connectivity index (χ0v) is 10.6. The van der Waals surface area contributed by atoms with E-state index in [9.17, 15) is 0 Å².